The SMILES string of the molecule is CC.CC.CC/C(C)=C/C=C(\C)c1ccc(CC2CO2)cc1. The zero-order valence-electron chi connectivity index (χ0n) is 15.6. The molecule has 0 saturated carbocycles. The number of hydrogen-bond donors (Lipinski definition) is 0. The Morgan fingerprint density at radius 3 is 2.05 bits per heavy atom. The van der Waals surface area contributed by atoms with E-state index in [-0.39, 0.29) is 0 Å². The van der Waals surface area contributed by atoms with E-state index in [1.165, 1.54) is 22.3 Å². The zero-order valence-corrected chi connectivity index (χ0v) is 15.6. The first kappa shape index (κ1) is 20.7. The first-order chi connectivity index (χ1) is 10.7. The third-order valence-corrected chi connectivity index (χ3v) is 3.45. The summed E-state index contributed by atoms with van der Waals surface area (Å²) in [5, 5.41) is 0. The second kappa shape index (κ2) is 12.2. The van der Waals surface area contributed by atoms with Gasteiger partial charge in [-0.25, -0.2) is 0 Å². The van der Waals surface area contributed by atoms with Crippen LogP contribution in [0.5, 0.6) is 0 Å². The molecule has 124 valence electrons. The molecule has 0 radical (unpaired) electrons. The molecule has 1 nitrogen and oxygen atoms in total. The van der Waals surface area contributed by atoms with Crippen molar-refractivity contribution >= 4 is 5.57 Å². The lowest BCUT2D eigenvalue weighted by atomic mass is 10.0. The highest BCUT2D eigenvalue weighted by molar-refractivity contribution is 5.65. The van der Waals surface area contributed by atoms with Gasteiger partial charge in [0.05, 0.1) is 12.7 Å². The molecule has 1 heteroatoms. The molecule has 1 aliphatic heterocycles. The summed E-state index contributed by atoms with van der Waals surface area (Å²) in [6.07, 6.45) is 7.06. The lowest BCUT2D eigenvalue weighted by molar-refractivity contribution is 0.407. The molecule has 2 rings (SSSR count). The van der Waals surface area contributed by atoms with E-state index < -0.39 is 0 Å². The van der Waals surface area contributed by atoms with Gasteiger partial charge in [0, 0.05) is 6.42 Å². The average molecular weight is 303 g/mol. The minimum absolute atomic E-state index is 0.475. The Balaban J connectivity index is 0.00000102. The summed E-state index contributed by atoms with van der Waals surface area (Å²) < 4.78 is 5.25. The Kier molecular flexibility index (Phi) is 11.5. The van der Waals surface area contributed by atoms with Crippen LogP contribution in [0.3, 0.4) is 0 Å². The van der Waals surface area contributed by atoms with Crippen LogP contribution in [0.2, 0.25) is 0 Å². The molecular formula is C21H34O. The van der Waals surface area contributed by atoms with Crippen LogP contribution in [0.4, 0.5) is 0 Å². The fourth-order valence-corrected chi connectivity index (χ4v) is 1.83. The maximum Gasteiger partial charge on any atom is 0.0850 e. The summed E-state index contributed by atoms with van der Waals surface area (Å²) in [4.78, 5) is 0. The number of allylic oxidation sites excluding steroid dienone is 4. The van der Waals surface area contributed by atoms with Crippen molar-refractivity contribution in [3.8, 4) is 0 Å². The molecule has 1 aliphatic rings. The van der Waals surface area contributed by atoms with E-state index in [1.54, 1.807) is 0 Å². The molecule has 0 amide bonds. The van der Waals surface area contributed by atoms with E-state index in [2.05, 4.69) is 57.2 Å². The molecular weight excluding hydrogens is 268 g/mol. The second-order valence-electron chi connectivity index (χ2n) is 5.07. The fraction of sp³-hybridized carbons (Fsp3) is 0.524. The van der Waals surface area contributed by atoms with Crippen LogP contribution in [0.1, 0.15) is 66.0 Å². The summed E-state index contributed by atoms with van der Waals surface area (Å²) in [5.41, 5.74) is 5.40. The molecule has 1 atom stereocenters. The van der Waals surface area contributed by atoms with Gasteiger partial charge >= 0.3 is 0 Å². The highest BCUT2D eigenvalue weighted by atomic mass is 16.6. The first-order valence-corrected chi connectivity index (χ1v) is 8.74. The molecule has 1 saturated heterocycles. The van der Waals surface area contributed by atoms with Gasteiger partial charge in [-0.2, -0.15) is 0 Å². The molecule has 1 aromatic rings. The Hall–Kier alpha value is -1.34. The Bertz CT molecular complexity index is 447. The van der Waals surface area contributed by atoms with Gasteiger partial charge in [0.15, 0.2) is 0 Å². The number of ether oxygens (including phenoxy) is 1. The van der Waals surface area contributed by atoms with Crippen molar-refractivity contribution in [1.82, 2.24) is 0 Å². The lowest BCUT2D eigenvalue weighted by Gasteiger charge is -2.03. The molecule has 22 heavy (non-hydrogen) atoms. The topological polar surface area (TPSA) is 12.5 Å². The van der Waals surface area contributed by atoms with Crippen LogP contribution in [-0.2, 0) is 11.2 Å². The van der Waals surface area contributed by atoms with Gasteiger partial charge in [0.1, 0.15) is 0 Å². The minimum Gasteiger partial charge on any atom is -0.373 e. The van der Waals surface area contributed by atoms with Crippen molar-refractivity contribution in [2.45, 2.75) is 67.4 Å². The molecule has 0 bridgehead atoms. The monoisotopic (exact) mass is 302 g/mol. The van der Waals surface area contributed by atoms with E-state index in [4.69, 9.17) is 4.74 Å². The smallest absolute Gasteiger partial charge is 0.0850 e. The third kappa shape index (κ3) is 8.19. The number of epoxide rings is 1. The van der Waals surface area contributed by atoms with E-state index in [0.29, 0.717) is 6.10 Å². The lowest BCUT2D eigenvalue weighted by Crippen LogP contribution is -1.92. The van der Waals surface area contributed by atoms with E-state index in [9.17, 15) is 0 Å². The van der Waals surface area contributed by atoms with Crippen LogP contribution < -0.4 is 0 Å². The van der Waals surface area contributed by atoms with Gasteiger partial charge in [-0.05, 0) is 37.0 Å². The molecule has 0 spiro atoms. The summed E-state index contributed by atoms with van der Waals surface area (Å²) in [6.45, 7) is 15.5. The van der Waals surface area contributed by atoms with Crippen LogP contribution >= 0.6 is 0 Å². The minimum atomic E-state index is 0.475. The van der Waals surface area contributed by atoms with Crippen LogP contribution in [0.15, 0.2) is 42.0 Å². The van der Waals surface area contributed by atoms with Crippen molar-refractivity contribution < 1.29 is 4.74 Å². The number of hydrogen-bond acceptors (Lipinski definition) is 1. The van der Waals surface area contributed by atoms with E-state index >= 15 is 0 Å². The normalized spacial score (nSPS) is 17.0. The predicted octanol–water partition coefficient (Wildman–Crippen LogP) is 6.44. The highest BCUT2D eigenvalue weighted by Gasteiger charge is 2.22. The molecule has 1 heterocycles. The Morgan fingerprint density at radius 2 is 1.59 bits per heavy atom. The second-order valence-corrected chi connectivity index (χ2v) is 5.07. The van der Waals surface area contributed by atoms with Crippen molar-refractivity contribution in [3.05, 3.63) is 53.1 Å². The van der Waals surface area contributed by atoms with Gasteiger partial charge < -0.3 is 4.74 Å². The molecule has 1 fully saturated rings. The summed E-state index contributed by atoms with van der Waals surface area (Å²) >= 11 is 0. The van der Waals surface area contributed by atoms with Crippen LogP contribution in [0.25, 0.3) is 5.57 Å². The largest absolute Gasteiger partial charge is 0.373 e. The summed E-state index contributed by atoms with van der Waals surface area (Å²) in [6, 6.07) is 8.84. The fourth-order valence-electron chi connectivity index (χ4n) is 1.83. The molecule has 1 unspecified atom stereocenters. The molecule has 1 aromatic carbocycles. The highest BCUT2D eigenvalue weighted by Crippen LogP contribution is 2.19. The van der Waals surface area contributed by atoms with E-state index in [0.717, 1.165) is 19.4 Å². The summed E-state index contributed by atoms with van der Waals surface area (Å²) in [7, 11) is 0. The maximum atomic E-state index is 5.25. The van der Waals surface area contributed by atoms with Crippen molar-refractivity contribution in [2.24, 2.45) is 0 Å². The van der Waals surface area contributed by atoms with Crippen LogP contribution in [-0.4, -0.2) is 12.7 Å². The molecule has 0 N–H and O–H groups in total. The van der Waals surface area contributed by atoms with Crippen LogP contribution in [0, 0.1) is 0 Å². The van der Waals surface area contributed by atoms with Gasteiger partial charge in [0.25, 0.3) is 0 Å². The quantitative estimate of drug-likeness (QED) is 0.450. The van der Waals surface area contributed by atoms with Crippen molar-refractivity contribution in [2.75, 3.05) is 6.61 Å². The summed E-state index contributed by atoms with van der Waals surface area (Å²) in [5.74, 6) is 0. The molecule has 0 aliphatic carbocycles. The maximum absolute atomic E-state index is 5.25. The predicted molar refractivity (Wildman–Crippen MR) is 100 cm³/mol. The molecule has 0 aromatic heterocycles. The van der Waals surface area contributed by atoms with Gasteiger partial charge in [-0.1, -0.05) is 76.6 Å². The number of rotatable bonds is 5. The van der Waals surface area contributed by atoms with E-state index in [1.807, 2.05) is 27.7 Å². The van der Waals surface area contributed by atoms with Gasteiger partial charge in [-0.15, -0.1) is 0 Å². The van der Waals surface area contributed by atoms with Gasteiger partial charge in [0.2, 0.25) is 0 Å². The Morgan fingerprint density at radius 1 is 1.05 bits per heavy atom. The van der Waals surface area contributed by atoms with Crippen molar-refractivity contribution in [3.63, 3.8) is 0 Å². The average Bonchev–Trinajstić information content (AvgIpc) is 3.40. The standard InChI is InChI=1S/C17H22O.2C2H6/c1-4-13(2)5-6-14(3)16-9-7-15(8-10-16)11-17-12-18-17;2*1-2/h5-10,17H,4,11-12H2,1-3H3;2*1-2H3/b13-5+,14-6+;;. The Labute approximate surface area is 138 Å². The third-order valence-electron chi connectivity index (χ3n) is 3.45. The first-order valence-electron chi connectivity index (χ1n) is 8.74. The number of benzene rings is 1. The zero-order chi connectivity index (χ0) is 17.0. The van der Waals surface area contributed by atoms with Crippen molar-refractivity contribution in [1.29, 1.82) is 0 Å². The van der Waals surface area contributed by atoms with Gasteiger partial charge in [-0.3, -0.25) is 0 Å².